The summed E-state index contributed by atoms with van der Waals surface area (Å²) in [6.07, 6.45) is 4.19. The summed E-state index contributed by atoms with van der Waals surface area (Å²) in [6, 6.07) is 17.8. The number of nitriles is 1. The fourth-order valence-electron chi connectivity index (χ4n) is 4.36. The van der Waals surface area contributed by atoms with Crippen molar-refractivity contribution in [2.24, 2.45) is 5.92 Å². The second-order valence-electron chi connectivity index (χ2n) is 8.31. The van der Waals surface area contributed by atoms with Gasteiger partial charge in [-0.25, -0.2) is 0 Å². The average molecular weight is 419 g/mol. The average Bonchev–Trinajstić information content (AvgIpc) is 3.50. The molecule has 4 rings (SSSR count). The molecule has 6 nitrogen and oxygen atoms in total. The van der Waals surface area contributed by atoms with Crippen molar-refractivity contribution in [3.8, 4) is 22.9 Å². The van der Waals surface area contributed by atoms with Crippen LogP contribution in [-0.4, -0.2) is 49.8 Å². The number of hydrogen-bond acceptors (Lipinski definition) is 5. The molecular weight excluding hydrogens is 388 g/mol. The SMILES string of the molecule is N#Cc1ccc(-c2ccc(OCCCN3CCCC3NC(=O)C3CCNC3)cc2)cc1. The molecule has 2 fully saturated rings. The van der Waals surface area contributed by atoms with E-state index in [2.05, 4.69) is 21.6 Å². The summed E-state index contributed by atoms with van der Waals surface area (Å²) in [5.41, 5.74) is 2.85. The van der Waals surface area contributed by atoms with Gasteiger partial charge in [0.25, 0.3) is 0 Å². The van der Waals surface area contributed by atoms with E-state index in [0.717, 1.165) is 68.7 Å². The van der Waals surface area contributed by atoms with Gasteiger partial charge in [0, 0.05) is 19.6 Å². The first kappa shape index (κ1) is 21.4. The Hall–Kier alpha value is -2.88. The van der Waals surface area contributed by atoms with E-state index < -0.39 is 0 Å². The lowest BCUT2D eigenvalue weighted by atomic mass is 10.0. The number of nitrogens with one attached hydrogen (secondary N) is 2. The van der Waals surface area contributed by atoms with Crippen LogP contribution in [0.4, 0.5) is 0 Å². The zero-order chi connectivity index (χ0) is 21.5. The fraction of sp³-hybridized carbons (Fsp3) is 0.440. The van der Waals surface area contributed by atoms with Gasteiger partial charge in [-0.2, -0.15) is 5.26 Å². The molecule has 0 radical (unpaired) electrons. The highest BCUT2D eigenvalue weighted by Crippen LogP contribution is 2.23. The summed E-state index contributed by atoms with van der Waals surface area (Å²) >= 11 is 0. The van der Waals surface area contributed by atoms with E-state index in [1.54, 1.807) is 0 Å². The number of carbonyl (C=O) groups is 1. The first-order chi connectivity index (χ1) is 15.2. The van der Waals surface area contributed by atoms with Crippen molar-refractivity contribution in [2.45, 2.75) is 31.8 Å². The van der Waals surface area contributed by atoms with Crippen LogP contribution in [0, 0.1) is 17.2 Å². The Morgan fingerprint density at radius 1 is 1.13 bits per heavy atom. The fourth-order valence-corrected chi connectivity index (χ4v) is 4.36. The number of benzene rings is 2. The van der Waals surface area contributed by atoms with Crippen LogP contribution in [0.1, 0.15) is 31.2 Å². The first-order valence-electron chi connectivity index (χ1n) is 11.2. The van der Waals surface area contributed by atoms with Gasteiger partial charge in [-0.3, -0.25) is 9.69 Å². The molecule has 2 heterocycles. The van der Waals surface area contributed by atoms with Crippen LogP contribution in [0.3, 0.4) is 0 Å². The van der Waals surface area contributed by atoms with Crippen LogP contribution in [-0.2, 0) is 4.79 Å². The molecule has 162 valence electrons. The molecule has 1 amide bonds. The largest absolute Gasteiger partial charge is 0.494 e. The zero-order valence-electron chi connectivity index (χ0n) is 17.8. The number of ether oxygens (including phenoxy) is 1. The third kappa shape index (κ3) is 5.63. The van der Waals surface area contributed by atoms with Gasteiger partial charge < -0.3 is 15.4 Å². The summed E-state index contributed by atoms with van der Waals surface area (Å²) in [5, 5.41) is 15.4. The lowest BCUT2D eigenvalue weighted by Gasteiger charge is -2.26. The van der Waals surface area contributed by atoms with E-state index >= 15 is 0 Å². The van der Waals surface area contributed by atoms with E-state index in [-0.39, 0.29) is 18.0 Å². The quantitative estimate of drug-likeness (QED) is 0.644. The van der Waals surface area contributed by atoms with Gasteiger partial charge in [0.05, 0.1) is 30.3 Å². The predicted molar refractivity (Wildman–Crippen MR) is 120 cm³/mol. The normalized spacial score (nSPS) is 21.0. The van der Waals surface area contributed by atoms with E-state index in [0.29, 0.717) is 12.2 Å². The Bertz CT molecular complexity index is 899. The van der Waals surface area contributed by atoms with E-state index in [9.17, 15) is 4.79 Å². The van der Waals surface area contributed by atoms with Crippen molar-refractivity contribution < 1.29 is 9.53 Å². The molecule has 31 heavy (non-hydrogen) atoms. The van der Waals surface area contributed by atoms with Gasteiger partial charge in [-0.05, 0) is 67.6 Å². The highest BCUT2D eigenvalue weighted by molar-refractivity contribution is 5.79. The Morgan fingerprint density at radius 3 is 2.55 bits per heavy atom. The van der Waals surface area contributed by atoms with Crippen LogP contribution in [0.5, 0.6) is 5.75 Å². The molecule has 2 atom stereocenters. The van der Waals surface area contributed by atoms with Gasteiger partial charge in [-0.15, -0.1) is 0 Å². The Morgan fingerprint density at radius 2 is 1.87 bits per heavy atom. The smallest absolute Gasteiger partial charge is 0.225 e. The van der Waals surface area contributed by atoms with Crippen LogP contribution < -0.4 is 15.4 Å². The number of hydrogen-bond donors (Lipinski definition) is 2. The van der Waals surface area contributed by atoms with E-state index in [4.69, 9.17) is 10.00 Å². The van der Waals surface area contributed by atoms with Crippen molar-refractivity contribution in [1.82, 2.24) is 15.5 Å². The molecule has 2 aliphatic heterocycles. The minimum absolute atomic E-state index is 0.123. The topological polar surface area (TPSA) is 77.4 Å². The van der Waals surface area contributed by atoms with Crippen LogP contribution in [0.25, 0.3) is 11.1 Å². The molecule has 2 saturated heterocycles. The molecule has 0 bridgehead atoms. The molecule has 2 N–H and O–H groups in total. The summed E-state index contributed by atoms with van der Waals surface area (Å²) in [4.78, 5) is 14.8. The Labute approximate surface area is 184 Å². The van der Waals surface area contributed by atoms with Gasteiger partial charge in [0.15, 0.2) is 0 Å². The van der Waals surface area contributed by atoms with Crippen molar-refractivity contribution in [1.29, 1.82) is 5.26 Å². The number of nitrogens with zero attached hydrogens (tertiary/aromatic N) is 2. The molecule has 0 aliphatic carbocycles. The molecule has 6 heteroatoms. The van der Waals surface area contributed by atoms with Gasteiger partial charge in [0.1, 0.15) is 5.75 Å². The minimum Gasteiger partial charge on any atom is -0.494 e. The monoisotopic (exact) mass is 418 g/mol. The van der Waals surface area contributed by atoms with Crippen LogP contribution >= 0.6 is 0 Å². The van der Waals surface area contributed by atoms with Crippen LogP contribution in [0.2, 0.25) is 0 Å². The standard InChI is InChI=1S/C25H30N4O2/c26-17-19-4-6-20(7-5-19)21-8-10-23(11-9-21)31-16-2-15-29-14-1-3-24(29)28-25(30)22-12-13-27-18-22/h4-11,22,24,27H,1-3,12-16,18H2,(H,28,30). The molecule has 0 aromatic heterocycles. The van der Waals surface area contributed by atoms with Crippen molar-refractivity contribution in [3.05, 3.63) is 54.1 Å². The second kappa shape index (κ2) is 10.4. The highest BCUT2D eigenvalue weighted by atomic mass is 16.5. The number of carbonyl (C=O) groups excluding carboxylic acids is 1. The van der Waals surface area contributed by atoms with E-state index in [1.807, 2.05) is 48.5 Å². The van der Waals surface area contributed by atoms with Gasteiger partial charge in [-0.1, -0.05) is 24.3 Å². The highest BCUT2D eigenvalue weighted by Gasteiger charge is 2.29. The third-order valence-corrected chi connectivity index (χ3v) is 6.16. The molecular formula is C25H30N4O2. The molecule has 2 aromatic rings. The number of rotatable bonds is 8. The maximum absolute atomic E-state index is 12.4. The Balaban J connectivity index is 1.20. The molecule has 2 unspecified atom stereocenters. The summed E-state index contributed by atoms with van der Waals surface area (Å²) in [6.45, 7) is 4.36. The maximum atomic E-state index is 12.4. The molecule has 2 aliphatic rings. The van der Waals surface area contributed by atoms with Crippen molar-refractivity contribution >= 4 is 5.91 Å². The Kier molecular flexibility index (Phi) is 7.18. The summed E-state index contributed by atoms with van der Waals surface area (Å²) in [5.74, 6) is 1.18. The lowest BCUT2D eigenvalue weighted by molar-refractivity contribution is -0.126. The van der Waals surface area contributed by atoms with Crippen molar-refractivity contribution in [2.75, 3.05) is 32.8 Å². The zero-order valence-corrected chi connectivity index (χ0v) is 17.8. The molecule has 2 aromatic carbocycles. The number of likely N-dealkylation sites (tertiary alicyclic amines) is 1. The maximum Gasteiger partial charge on any atom is 0.225 e. The first-order valence-corrected chi connectivity index (χ1v) is 11.2. The number of amides is 1. The lowest BCUT2D eigenvalue weighted by Crippen LogP contribution is -2.47. The van der Waals surface area contributed by atoms with Crippen molar-refractivity contribution in [3.63, 3.8) is 0 Å². The molecule has 0 saturated carbocycles. The summed E-state index contributed by atoms with van der Waals surface area (Å²) in [7, 11) is 0. The van der Waals surface area contributed by atoms with Crippen LogP contribution in [0.15, 0.2) is 48.5 Å². The predicted octanol–water partition coefficient (Wildman–Crippen LogP) is 3.14. The minimum atomic E-state index is 0.123. The van der Waals surface area contributed by atoms with E-state index in [1.165, 1.54) is 0 Å². The second-order valence-corrected chi connectivity index (χ2v) is 8.31. The summed E-state index contributed by atoms with van der Waals surface area (Å²) < 4.78 is 5.93. The van der Waals surface area contributed by atoms with Gasteiger partial charge in [0.2, 0.25) is 5.91 Å². The van der Waals surface area contributed by atoms with Gasteiger partial charge >= 0.3 is 0 Å². The third-order valence-electron chi connectivity index (χ3n) is 6.16. The molecule has 0 spiro atoms.